The van der Waals surface area contributed by atoms with Gasteiger partial charge in [-0.1, -0.05) is 97.1 Å². The Balaban J connectivity index is 0.00000108. The summed E-state index contributed by atoms with van der Waals surface area (Å²) in [6.45, 7) is 0. The van der Waals surface area contributed by atoms with Gasteiger partial charge in [0.15, 0.2) is 0 Å². The molecule has 0 amide bonds. The number of methoxy groups -OCH3 is 2. The van der Waals surface area contributed by atoms with Gasteiger partial charge in [0.2, 0.25) is 0 Å². The molecule has 0 saturated heterocycles. The van der Waals surface area contributed by atoms with Crippen molar-refractivity contribution >= 4 is 77.9 Å². The van der Waals surface area contributed by atoms with E-state index >= 15 is 0 Å². The third-order valence-electron chi connectivity index (χ3n) is 5.43. The van der Waals surface area contributed by atoms with Crippen molar-refractivity contribution in [3.63, 3.8) is 0 Å². The molecule has 0 unspecified atom stereocenters. The minimum absolute atomic E-state index is 0.554. The molecule has 0 fully saturated rings. The molecule has 7 heteroatoms. The molecule has 0 bridgehead atoms. The quantitative estimate of drug-likeness (QED) is 0.135. The van der Waals surface area contributed by atoms with Gasteiger partial charge in [-0.05, 0) is 50.9 Å². The van der Waals surface area contributed by atoms with Crippen LogP contribution >= 0.6 is 56.7 Å². The van der Waals surface area contributed by atoms with E-state index in [0.717, 1.165) is 23.8 Å². The van der Waals surface area contributed by atoms with E-state index < -0.39 is 15.8 Å². The van der Waals surface area contributed by atoms with Crippen LogP contribution in [0.1, 0.15) is 0 Å². The Kier molecular flexibility index (Phi) is 13.4. The number of ether oxygens (including phenoxy) is 2. The third kappa shape index (κ3) is 8.41. The van der Waals surface area contributed by atoms with E-state index in [0.29, 0.717) is 0 Å². The SMILES string of the molecule is COc1ccccc1[P@@](CC[P@@](c1ccccc1)c1ccccc1OC)c1ccccc1.[I][Co][I]. The Hall–Kier alpha value is -0.694. The van der Waals surface area contributed by atoms with Gasteiger partial charge in [-0.15, -0.1) is 0 Å². The van der Waals surface area contributed by atoms with Crippen LogP contribution in [0.15, 0.2) is 109 Å². The number of para-hydroxylation sites is 2. The summed E-state index contributed by atoms with van der Waals surface area (Å²) in [5.41, 5.74) is 0. The molecule has 4 aromatic carbocycles. The van der Waals surface area contributed by atoms with E-state index in [4.69, 9.17) is 9.47 Å². The summed E-state index contributed by atoms with van der Waals surface area (Å²) < 4.78 is 11.5. The summed E-state index contributed by atoms with van der Waals surface area (Å²) in [7, 11) is 3.80. The number of hydrogen-bond acceptors (Lipinski definition) is 2. The fraction of sp³-hybridized carbons (Fsp3) is 0.143. The zero-order chi connectivity index (χ0) is 24.9. The van der Waals surface area contributed by atoms with E-state index in [2.05, 4.69) is 138 Å². The van der Waals surface area contributed by atoms with Crippen LogP contribution in [0.2, 0.25) is 0 Å². The molecule has 0 aliphatic heterocycles. The Morgan fingerprint density at radius 1 is 0.543 bits per heavy atom. The van der Waals surface area contributed by atoms with E-state index in [1.807, 2.05) is 12.1 Å². The van der Waals surface area contributed by atoms with Crippen molar-refractivity contribution in [2.45, 2.75) is 0 Å². The van der Waals surface area contributed by atoms with Crippen molar-refractivity contribution in [3.05, 3.63) is 109 Å². The predicted octanol–water partition coefficient (Wildman–Crippen LogP) is 7.04. The van der Waals surface area contributed by atoms with Crippen LogP contribution in [0.3, 0.4) is 0 Å². The van der Waals surface area contributed by atoms with Crippen LogP contribution in [0.25, 0.3) is 0 Å². The van der Waals surface area contributed by atoms with Gasteiger partial charge >= 0.3 is 49.1 Å². The second kappa shape index (κ2) is 16.2. The number of benzene rings is 4. The van der Waals surface area contributed by atoms with Gasteiger partial charge < -0.3 is 9.47 Å². The predicted molar refractivity (Wildman–Crippen MR) is 169 cm³/mol. The third-order valence-corrected chi connectivity index (χ3v) is 10.9. The summed E-state index contributed by atoms with van der Waals surface area (Å²) in [4.78, 5) is 0. The Bertz CT molecular complexity index is 1060. The van der Waals surface area contributed by atoms with Gasteiger partial charge in [0, 0.05) is 10.6 Å². The average molecular weight is 771 g/mol. The van der Waals surface area contributed by atoms with Crippen LogP contribution in [0, 0.1) is 0 Å². The first-order chi connectivity index (χ1) is 17.2. The molecule has 35 heavy (non-hydrogen) atoms. The summed E-state index contributed by atoms with van der Waals surface area (Å²) in [6, 6.07) is 38.7. The molecule has 0 radical (unpaired) electrons. The van der Waals surface area contributed by atoms with Gasteiger partial charge in [0.1, 0.15) is 11.5 Å². The second-order valence-corrected chi connectivity index (χ2v) is 20.8. The molecule has 0 aromatic heterocycles. The van der Waals surface area contributed by atoms with E-state index in [-0.39, 0.29) is 0 Å². The van der Waals surface area contributed by atoms with Crippen molar-refractivity contribution in [3.8, 4) is 11.5 Å². The molecular weight excluding hydrogens is 743 g/mol. The van der Waals surface area contributed by atoms with Gasteiger partial charge in [-0.2, -0.15) is 0 Å². The first kappa shape index (κ1) is 28.9. The molecule has 0 saturated carbocycles. The summed E-state index contributed by atoms with van der Waals surface area (Å²) in [5, 5.41) is 5.38. The van der Waals surface area contributed by atoms with Crippen LogP contribution in [-0.4, -0.2) is 26.5 Å². The Morgan fingerprint density at radius 2 is 0.857 bits per heavy atom. The van der Waals surface area contributed by atoms with Gasteiger partial charge in [-0.25, -0.2) is 0 Å². The van der Waals surface area contributed by atoms with Crippen molar-refractivity contribution in [1.29, 1.82) is 0 Å². The normalized spacial score (nSPS) is 12.2. The van der Waals surface area contributed by atoms with E-state index in [1.54, 1.807) is 14.2 Å². The van der Waals surface area contributed by atoms with Crippen LogP contribution in [0.5, 0.6) is 11.5 Å². The minimum atomic E-state index is -0.554. The maximum absolute atomic E-state index is 5.76. The molecule has 0 aliphatic rings. The monoisotopic (exact) mass is 771 g/mol. The van der Waals surface area contributed by atoms with E-state index in [9.17, 15) is 0 Å². The fourth-order valence-corrected chi connectivity index (χ4v) is 9.51. The number of rotatable bonds is 9. The molecule has 185 valence electrons. The summed E-state index contributed by atoms with van der Waals surface area (Å²) in [5.74, 6) is 1.95. The van der Waals surface area contributed by atoms with Crippen molar-refractivity contribution < 1.29 is 17.7 Å². The van der Waals surface area contributed by atoms with Crippen LogP contribution in [0.4, 0.5) is 0 Å². The van der Waals surface area contributed by atoms with Crippen molar-refractivity contribution in [2.24, 2.45) is 0 Å². The van der Waals surface area contributed by atoms with Gasteiger partial charge in [0.05, 0.1) is 14.2 Å². The molecule has 4 rings (SSSR count). The van der Waals surface area contributed by atoms with Crippen molar-refractivity contribution in [1.82, 2.24) is 0 Å². The molecule has 0 N–H and O–H groups in total. The summed E-state index contributed by atoms with van der Waals surface area (Å²) >= 11 is 4.49. The van der Waals surface area contributed by atoms with Gasteiger partial charge in [-0.3, -0.25) is 0 Å². The zero-order valence-corrected chi connectivity index (χ0v) is 26.8. The number of hydrogen-bond donors (Lipinski definition) is 0. The molecule has 2 atom stereocenters. The zero-order valence-electron chi connectivity index (χ0n) is 19.6. The summed E-state index contributed by atoms with van der Waals surface area (Å²) in [6.07, 6.45) is 2.16. The Morgan fingerprint density at radius 3 is 1.20 bits per heavy atom. The average Bonchev–Trinajstić information content (AvgIpc) is 2.93. The van der Waals surface area contributed by atoms with E-state index in [1.165, 1.54) is 29.5 Å². The van der Waals surface area contributed by atoms with Crippen LogP contribution < -0.4 is 30.7 Å². The molecule has 0 heterocycles. The maximum atomic E-state index is 5.76. The molecule has 4 aromatic rings. The first-order valence-electron chi connectivity index (χ1n) is 11.0. The second-order valence-electron chi connectivity index (χ2n) is 7.37. The molecule has 0 spiro atoms. The molecular formula is C28H28CoI2O2P2. The number of halogens is 2. The fourth-order valence-electron chi connectivity index (χ4n) is 3.90. The molecule has 0 aliphatic carbocycles. The van der Waals surface area contributed by atoms with Gasteiger partial charge in [0.25, 0.3) is 0 Å². The topological polar surface area (TPSA) is 18.5 Å². The molecule has 2 nitrogen and oxygen atoms in total. The standard InChI is InChI=1S/C28H28O2P2.Co.2HI/c1-29-25-17-9-11-19-27(25)31(23-13-5-3-6-14-23)21-22-32(24-15-7-4-8-16-24)28-20-12-10-18-26(28)30-2;;;/h3-20H,21-22H2,1-2H3;;2*1H/q;+2;;/p-2/t31-,32-;;;/m0.../s1. The Labute approximate surface area is 240 Å². The first-order valence-corrected chi connectivity index (χ1v) is 20.8. The van der Waals surface area contributed by atoms with Crippen LogP contribution in [-0.2, 0) is 8.26 Å². The van der Waals surface area contributed by atoms with Crippen molar-refractivity contribution in [2.75, 3.05) is 26.5 Å².